The van der Waals surface area contributed by atoms with E-state index in [-0.39, 0.29) is 24.0 Å². The zero-order valence-corrected chi connectivity index (χ0v) is 9.76. The van der Waals surface area contributed by atoms with E-state index in [4.69, 9.17) is 0 Å². The molecule has 0 bridgehead atoms. The molecule has 2 rings (SSSR count). The van der Waals surface area contributed by atoms with Crippen LogP contribution in [-0.4, -0.2) is 5.10 Å². The van der Waals surface area contributed by atoms with Gasteiger partial charge in [-0.1, -0.05) is 35.0 Å². The number of aromatic nitrogens is 2. The van der Waals surface area contributed by atoms with Gasteiger partial charge in [-0.25, -0.2) is 0 Å². The van der Waals surface area contributed by atoms with Gasteiger partial charge in [0.25, 0.3) is 0 Å². The molecule has 14 heavy (non-hydrogen) atoms. The predicted molar refractivity (Wildman–Crippen MR) is 52.7 cm³/mol. The molecule has 0 radical (unpaired) electrons. The molecule has 0 aliphatic carbocycles. The van der Waals surface area contributed by atoms with Gasteiger partial charge < -0.3 is 24.0 Å². The highest BCUT2D eigenvalue weighted by Crippen LogP contribution is 1.99. The molecule has 0 amide bonds. The quantitative estimate of drug-likeness (QED) is 0.538. The van der Waals surface area contributed by atoms with Crippen molar-refractivity contribution in [1.29, 1.82) is 0 Å². The summed E-state index contributed by atoms with van der Waals surface area (Å²) in [5, 5.41) is 3.04. The Morgan fingerprint density at radius 3 is 2.50 bits per heavy atom. The van der Waals surface area contributed by atoms with Gasteiger partial charge in [0, 0.05) is 12.1 Å². The summed E-state index contributed by atoms with van der Waals surface area (Å²) in [6, 6.07) is 12.2. The molecular formula is C11H11IN2. The third-order valence-electron chi connectivity index (χ3n) is 1.79. The van der Waals surface area contributed by atoms with Crippen molar-refractivity contribution in [1.82, 2.24) is 5.10 Å². The number of hydrogen-bond acceptors (Lipinski definition) is 0. The number of halogens is 1. The molecule has 0 fully saturated rings. The van der Waals surface area contributed by atoms with E-state index in [1.807, 2.05) is 47.5 Å². The van der Waals surface area contributed by atoms with E-state index in [0.717, 1.165) is 0 Å². The number of benzene rings is 1. The van der Waals surface area contributed by atoms with Gasteiger partial charge >= 0.3 is 0 Å². The zero-order valence-electron chi connectivity index (χ0n) is 7.60. The van der Waals surface area contributed by atoms with Crippen LogP contribution in [0, 0.1) is 0 Å². The molecule has 2 nitrogen and oxygen atoms in total. The van der Waals surface area contributed by atoms with E-state index in [0.29, 0.717) is 0 Å². The van der Waals surface area contributed by atoms with Crippen molar-refractivity contribution in [3.8, 4) is 0 Å². The molecule has 0 spiro atoms. The van der Waals surface area contributed by atoms with E-state index in [2.05, 4.69) is 23.3 Å². The second-order valence-corrected chi connectivity index (χ2v) is 2.77. The second kappa shape index (κ2) is 5.59. The number of aromatic amines is 1. The maximum atomic E-state index is 3.04. The molecule has 2 aromatic rings. The van der Waals surface area contributed by atoms with Crippen LogP contribution in [0.3, 0.4) is 0 Å². The summed E-state index contributed by atoms with van der Waals surface area (Å²) in [6.45, 7) is 0. The minimum Gasteiger partial charge on any atom is -1.00 e. The van der Waals surface area contributed by atoms with Gasteiger partial charge in [0.15, 0.2) is 6.20 Å². The van der Waals surface area contributed by atoms with Crippen LogP contribution in [0.5, 0.6) is 0 Å². The Kier molecular flexibility index (Phi) is 4.39. The normalized spacial score (nSPS) is 10.0. The summed E-state index contributed by atoms with van der Waals surface area (Å²) >= 11 is 0. The lowest BCUT2D eigenvalue weighted by atomic mass is 10.2. The molecule has 1 aromatic carbocycles. The highest BCUT2D eigenvalue weighted by atomic mass is 127. The topological polar surface area (TPSA) is 19.7 Å². The number of hydrogen-bond donors (Lipinski definition) is 1. The Hall–Kier alpha value is -1.10. The average molecular weight is 298 g/mol. The lowest BCUT2D eigenvalue weighted by Gasteiger charge is -1.86. The highest BCUT2D eigenvalue weighted by Gasteiger charge is 1.91. The minimum atomic E-state index is 0. The number of nitrogens with one attached hydrogen (secondary N) is 1. The van der Waals surface area contributed by atoms with Gasteiger partial charge in [0.2, 0.25) is 6.20 Å². The third-order valence-corrected chi connectivity index (χ3v) is 1.79. The minimum absolute atomic E-state index is 0. The first kappa shape index (κ1) is 11.0. The molecule has 1 N–H and O–H groups in total. The van der Waals surface area contributed by atoms with E-state index >= 15 is 0 Å². The molecule has 1 heterocycles. The second-order valence-electron chi connectivity index (χ2n) is 2.77. The monoisotopic (exact) mass is 298 g/mol. The van der Waals surface area contributed by atoms with E-state index < -0.39 is 0 Å². The predicted octanol–water partition coefficient (Wildman–Crippen LogP) is -1.07. The van der Waals surface area contributed by atoms with E-state index in [9.17, 15) is 0 Å². The van der Waals surface area contributed by atoms with Crippen LogP contribution in [0.2, 0.25) is 0 Å². The van der Waals surface area contributed by atoms with Crippen LogP contribution in [0.1, 0.15) is 5.56 Å². The fourth-order valence-electron chi connectivity index (χ4n) is 1.13. The van der Waals surface area contributed by atoms with Crippen molar-refractivity contribution in [3.05, 3.63) is 54.4 Å². The molecule has 1 aromatic heterocycles. The largest absolute Gasteiger partial charge is 1.00 e. The first-order valence-corrected chi connectivity index (χ1v) is 4.23. The SMILES string of the molecule is C(=C[n+]1ccc[nH]1)c1ccccc1.[I-]. The molecule has 3 heteroatoms. The molecular weight excluding hydrogens is 287 g/mol. The first-order chi connectivity index (χ1) is 6.45. The molecule has 0 aliphatic heterocycles. The lowest BCUT2D eigenvalue weighted by molar-refractivity contribution is -0.628. The van der Waals surface area contributed by atoms with Gasteiger partial charge in [-0.05, 0) is 5.56 Å². The maximum Gasteiger partial charge on any atom is 0.201 e. The molecule has 0 aliphatic rings. The van der Waals surface area contributed by atoms with Crippen molar-refractivity contribution in [2.75, 3.05) is 0 Å². The molecule has 0 unspecified atom stereocenters. The number of rotatable bonds is 2. The third kappa shape index (κ3) is 2.99. The average Bonchev–Trinajstić information content (AvgIpc) is 2.69. The van der Waals surface area contributed by atoms with Gasteiger partial charge in [0.05, 0.1) is 6.20 Å². The van der Waals surface area contributed by atoms with Crippen LogP contribution >= 0.6 is 0 Å². The summed E-state index contributed by atoms with van der Waals surface area (Å²) in [7, 11) is 0. The Bertz CT molecular complexity index is 379. The van der Waals surface area contributed by atoms with Crippen LogP contribution in [0.25, 0.3) is 12.3 Å². The number of H-pyrrole nitrogens is 1. The molecule has 0 atom stereocenters. The van der Waals surface area contributed by atoms with Gasteiger partial charge in [-0.3, -0.25) is 0 Å². The van der Waals surface area contributed by atoms with Crippen LogP contribution in [0.4, 0.5) is 0 Å². The number of nitrogens with zero attached hydrogens (tertiary/aromatic N) is 1. The van der Waals surface area contributed by atoms with Gasteiger partial charge in [0.1, 0.15) is 0 Å². The lowest BCUT2D eigenvalue weighted by Crippen LogP contribution is -3.00. The van der Waals surface area contributed by atoms with Gasteiger partial charge in [-0.15, -0.1) is 0 Å². The van der Waals surface area contributed by atoms with Crippen molar-refractivity contribution < 1.29 is 28.7 Å². The fourth-order valence-corrected chi connectivity index (χ4v) is 1.13. The smallest absolute Gasteiger partial charge is 0.201 e. The van der Waals surface area contributed by atoms with Crippen LogP contribution in [0.15, 0.2) is 48.8 Å². The first-order valence-electron chi connectivity index (χ1n) is 4.23. The van der Waals surface area contributed by atoms with Crippen LogP contribution < -0.4 is 28.7 Å². The Morgan fingerprint density at radius 2 is 1.86 bits per heavy atom. The summed E-state index contributed by atoms with van der Waals surface area (Å²) in [5.41, 5.74) is 1.20. The zero-order chi connectivity index (χ0) is 8.93. The summed E-state index contributed by atoms with van der Waals surface area (Å²) in [5.74, 6) is 0. The van der Waals surface area contributed by atoms with Crippen molar-refractivity contribution in [2.24, 2.45) is 0 Å². The Morgan fingerprint density at radius 1 is 1.07 bits per heavy atom. The van der Waals surface area contributed by atoms with Crippen molar-refractivity contribution >= 4 is 12.3 Å². The summed E-state index contributed by atoms with van der Waals surface area (Å²) in [4.78, 5) is 0. The fraction of sp³-hybridized carbons (Fsp3) is 0. The molecule has 0 saturated heterocycles. The Balaban J connectivity index is 0.000000980. The highest BCUT2D eigenvalue weighted by molar-refractivity contribution is 5.56. The molecule has 0 saturated carbocycles. The summed E-state index contributed by atoms with van der Waals surface area (Å²) < 4.78 is 1.90. The van der Waals surface area contributed by atoms with Crippen molar-refractivity contribution in [2.45, 2.75) is 0 Å². The standard InChI is InChI=1S/C11H10N2.HI/c1-2-5-11(6-3-1)7-10-13-9-4-8-12-13;/h1-10H;1H. The van der Waals surface area contributed by atoms with Crippen LogP contribution in [-0.2, 0) is 0 Å². The molecule has 72 valence electrons. The van der Waals surface area contributed by atoms with Gasteiger partial charge in [-0.2, -0.15) is 5.10 Å². The maximum absolute atomic E-state index is 3.04. The van der Waals surface area contributed by atoms with E-state index in [1.165, 1.54) is 5.56 Å². The summed E-state index contributed by atoms with van der Waals surface area (Å²) in [6.07, 6.45) is 7.88. The Labute approximate surface area is 100 Å². The van der Waals surface area contributed by atoms with E-state index in [1.54, 1.807) is 0 Å². The van der Waals surface area contributed by atoms with Crippen molar-refractivity contribution in [3.63, 3.8) is 0 Å².